The third-order valence-corrected chi connectivity index (χ3v) is 3.99. The first kappa shape index (κ1) is 15.7. The van der Waals surface area contributed by atoms with E-state index in [1.54, 1.807) is 19.2 Å². The lowest BCUT2D eigenvalue weighted by molar-refractivity contribution is 0.0957. The lowest BCUT2D eigenvalue weighted by Gasteiger charge is -2.33. The van der Waals surface area contributed by atoms with Crippen LogP contribution in [0.25, 0.3) is 0 Å². The van der Waals surface area contributed by atoms with Gasteiger partial charge in [-0.25, -0.2) is 0 Å². The summed E-state index contributed by atoms with van der Waals surface area (Å²) in [5.74, 6) is 0.502. The van der Waals surface area contributed by atoms with E-state index in [0.717, 1.165) is 19.5 Å². The first-order valence-corrected chi connectivity index (χ1v) is 7.74. The second-order valence-corrected chi connectivity index (χ2v) is 5.54. The van der Waals surface area contributed by atoms with Gasteiger partial charge in [-0.3, -0.25) is 4.79 Å². The smallest absolute Gasteiger partial charge is 0.271 e. The van der Waals surface area contributed by atoms with E-state index in [1.165, 1.54) is 25.8 Å². The maximum Gasteiger partial charge on any atom is 0.271 e. The molecule has 1 saturated heterocycles. The highest BCUT2D eigenvalue weighted by Gasteiger charge is 2.17. The van der Waals surface area contributed by atoms with E-state index in [9.17, 15) is 4.79 Å². The molecule has 2 rings (SSSR count). The number of carbonyl (C=O) groups excluding carboxylic acids is 1. The molecule has 1 amide bonds. The molecule has 1 aliphatic heterocycles. The second-order valence-electron chi connectivity index (χ2n) is 5.54. The minimum atomic E-state index is -0.215. The van der Waals surface area contributed by atoms with Crippen molar-refractivity contribution >= 4 is 11.7 Å². The lowest BCUT2D eigenvalue weighted by Crippen LogP contribution is -2.38. The number of aromatic nitrogens is 2. The highest BCUT2D eigenvalue weighted by Crippen LogP contribution is 2.16. The number of hydrogen-bond donors (Lipinski definition) is 2. The zero-order valence-electron chi connectivity index (χ0n) is 12.9. The highest BCUT2D eigenvalue weighted by molar-refractivity contribution is 5.91. The van der Waals surface area contributed by atoms with Crippen LogP contribution in [0.5, 0.6) is 0 Å². The molecule has 1 aromatic rings. The molecule has 1 atom stereocenters. The van der Waals surface area contributed by atoms with Crippen molar-refractivity contribution in [3.8, 4) is 0 Å². The summed E-state index contributed by atoms with van der Waals surface area (Å²) in [5.41, 5.74) is 0.338. The molecule has 0 bridgehead atoms. The van der Waals surface area contributed by atoms with Gasteiger partial charge < -0.3 is 15.5 Å². The van der Waals surface area contributed by atoms with Crippen LogP contribution in [0.3, 0.4) is 0 Å². The summed E-state index contributed by atoms with van der Waals surface area (Å²) in [5, 5.41) is 13.7. The predicted octanol–water partition coefficient (Wildman–Crippen LogP) is 1.51. The SMILES string of the molecule is CNC(=O)c1ccc(NCCCN2CCCCC2C)nn1. The van der Waals surface area contributed by atoms with E-state index in [4.69, 9.17) is 0 Å². The van der Waals surface area contributed by atoms with Gasteiger partial charge in [0, 0.05) is 26.2 Å². The summed E-state index contributed by atoms with van der Waals surface area (Å²) in [6.07, 6.45) is 5.09. The van der Waals surface area contributed by atoms with Gasteiger partial charge in [0.2, 0.25) is 0 Å². The van der Waals surface area contributed by atoms with Crippen LogP contribution >= 0.6 is 0 Å². The van der Waals surface area contributed by atoms with Gasteiger partial charge in [-0.05, 0) is 44.9 Å². The van der Waals surface area contributed by atoms with Crippen molar-refractivity contribution in [1.29, 1.82) is 0 Å². The van der Waals surface area contributed by atoms with Crippen molar-refractivity contribution in [3.05, 3.63) is 17.8 Å². The summed E-state index contributed by atoms with van der Waals surface area (Å²) in [6.45, 7) is 5.53. The summed E-state index contributed by atoms with van der Waals surface area (Å²) in [6, 6.07) is 4.19. The molecule has 0 aromatic carbocycles. The molecule has 1 aromatic heterocycles. The van der Waals surface area contributed by atoms with Gasteiger partial charge in [-0.2, -0.15) is 0 Å². The fourth-order valence-corrected chi connectivity index (χ4v) is 2.66. The number of rotatable bonds is 6. The Hall–Kier alpha value is -1.69. The Kier molecular flexibility index (Phi) is 5.92. The van der Waals surface area contributed by atoms with Gasteiger partial charge in [0.05, 0.1) is 0 Å². The Balaban J connectivity index is 1.69. The van der Waals surface area contributed by atoms with E-state index in [0.29, 0.717) is 17.6 Å². The molecule has 0 aliphatic carbocycles. The van der Waals surface area contributed by atoms with Crippen LogP contribution in [0.2, 0.25) is 0 Å². The molecule has 116 valence electrons. The number of anilines is 1. The standard InChI is InChI=1S/C15H25N5O/c1-12-6-3-4-10-20(12)11-5-9-17-14-8-7-13(18-19-14)15(21)16-2/h7-8,12H,3-6,9-11H2,1-2H3,(H,16,21)(H,17,19). The van der Waals surface area contributed by atoms with Crippen LogP contribution in [0.15, 0.2) is 12.1 Å². The Morgan fingerprint density at radius 1 is 1.38 bits per heavy atom. The van der Waals surface area contributed by atoms with Crippen LogP contribution in [0.4, 0.5) is 5.82 Å². The summed E-state index contributed by atoms with van der Waals surface area (Å²) >= 11 is 0. The summed E-state index contributed by atoms with van der Waals surface area (Å²) < 4.78 is 0. The van der Waals surface area contributed by atoms with E-state index >= 15 is 0 Å². The monoisotopic (exact) mass is 291 g/mol. The predicted molar refractivity (Wildman–Crippen MR) is 83.4 cm³/mol. The van der Waals surface area contributed by atoms with Gasteiger partial charge in [-0.1, -0.05) is 6.42 Å². The Labute approximate surface area is 126 Å². The van der Waals surface area contributed by atoms with Crippen LogP contribution < -0.4 is 10.6 Å². The molecule has 1 aliphatic rings. The minimum Gasteiger partial charge on any atom is -0.369 e. The summed E-state index contributed by atoms with van der Waals surface area (Å²) in [7, 11) is 1.58. The molecule has 0 spiro atoms. The van der Waals surface area contributed by atoms with Crippen LogP contribution in [-0.4, -0.2) is 53.7 Å². The van der Waals surface area contributed by atoms with Gasteiger partial charge >= 0.3 is 0 Å². The van der Waals surface area contributed by atoms with Gasteiger partial charge in [-0.15, -0.1) is 10.2 Å². The van der Waals surface area contributed by atoms with Crippen molar-refractivity contribution < 1.29 is 4.79 Å². The maximum absolute atomic E-state index is 11.4. The second kappa shape index (κ2) is 7.93. The minimum absolute atomic E-state index is 0.215. The third kappa shape index (κ3) is 4.67. The average Bonchev–Trinajstić information content (AvgIpc) is 2.53. The molecule has 1 fully saturated rings. The molecule has 0 saturated carbocycles. The largest absolute Gasteiger partial charge is 0.369 e. The van der Waals surface area contributed by atoms with Crippen LogP contribution in [-0.2, 0) is 0 Å². The van der Waals surface area contributed by atoms with Gasteiger partial charge in [0.1, 0.15) is 5.82 Å². The van der Waals surface area contributed by atoms with Gasteiger partial charge in [0.15, 0.2) is 5.69 Å². The van der Waals surface area contributed by atoms with Crippen molar-refractivity contribution in [2.24, 2.45) is 0 Å². The van der Waals surface area contributed by atoms with Crippen molar-refractivity contribution in [3.63, 3.8) is 0 Å². The van der Waals surface area contributed by atoms with Gasteiger partial charge in [0.25, 0.3) is 5.91 Å². The van der Waals surface area contributed by atoms with Crippen molar-refractivity contribution in [2.45, 2.75) is 38.6 Å². The quantitative estimate of drug-likeness (QED) is 0.778. The number of likely N-dealkylation sites (tertiary alicyclic amines) is 1. The third-order valence-electron chi connectivity index (χ3n) is 3.99. The molecule has 21 heavy (non-hydrogen) atoms. The number of carbonyl (C=O) groups is 1. The number of hydrogen-bond acceptors (Lipinski definition) is 5. The Morgan fingerprint density at radius 2 is 2.24 bits per heavy atom. The van der Waals surface area contributed by atoms with E-state index < -0.39 is 0 Å². The fraction of sp³-hybridized carbons (Fsp3) is 0.667. The fourth-order valence-electron chi connectivity index (χ4n) is 2.66. The maximum atomic E-state index is 11.4. The van der Waals surface area contributed by atoms with Crippen molar-refractivity contribution in [1.82, 2.24) is 20.4 Å². The number of nitrogens with zero attached hydrogens (tertiary/aromatic N) is 3. The normalized spacial score (nSPS) is 19.2. The van der Waals surface area contributed by atoms with Crippen molar-refractivity contribution in [2.75, 3.05) is 32.0 Å². The van der Waals surface area contributed by atoms with Crippen LogP contribution in [0.1, 0.15) is 43.1 Å². The summed E-state index contributed by atoms with van der Waals surface area (Å²) in [4.78, 5) is 13.9. The van der Waals surface area contributed by atoms with E-state index in [1.807, 2.05) is 0 Å². The van der Waals surface area contributed by atoms with E-state index in [2.05, 4.69) is 32.7 Å². The molecule has 2 N–H and O–H groups in total. The zero-order chi connectivity index (χ0) is 15.1. The number of piperidine rings is 1. The molecule has 6 heteroatoms. The first-order chi connectivity index (χ1) is 10.2. The molecule has 1 unspecified atom stereocenters. The Morgan fingerprint density at radius 3 is 2.90 bits per heavy atom. The first-order valence-electron chi connectivity index (χ1n) is 7.74. The molecule has 2 heterocycles. The van der Waals surface area contributed by atoms with E-state index in [-0.39, 0.29) is 5.91 Å². The Bertz CT molecular complexity index is 448. The topological polar surface area (TPSA) is 70.2 Å². The molecule has 6 nitrogen and oxygen atoms in total. The zero-order valence-corrected chi connectivity index (χ0v) is 12.9. The molecular weight excluding hydrogens is 266 g/mol. The lowest BCUT2D eigenvalue weighted by atomic mass is 10.0. The number of nitrogens with one attached hydrogen (secondary N) is 2. The molecule has 0 radical (unpaired) electrons. The average molecular weight is 291 g/mol. The highest BCUT2D eigenvalue weighted by atomic mass is 16.1. The molecular formula is C15H25N5O. The van der Waals surface area contributed by atoms with Crippen LogP contribution in [0, 0.1) is 0 Å². The number of amides is 1.